The van der Waals surface area contributed by atoms with Crippen LogP contribution in [0.15, 0.2) is 48.7 Å². The van der Waals surface area contributed by atoms with Gasteiger partial charge in [-0.2, -0.15) is 5.26 Å². The smallest absolute Gasteiger partial charge is 0.140 e. The van der Waals surface area contributed by atoms with Crippen molar-refractivity contribution in [3.05, 3.63) is 59.9 Å². The van der Waals surface area contributed by atoms with Crippen molar-refractivity contribution >= 4 is 5.69 Å². The lowest BCUT2D eigenvalue weighted by molar-refractivity contribution is 0.256. The van der Waals surface area contributed by atoms with Gasteiger partial charge in [0.15, 0.2) is 0 Å². The highest BCUT2D eigenvalue weighted by Crippen LogP contribution is 2.25. The fourth-order valence-electron chi connectivity index (χ4n) is 2.97. The molecule has 1 aromatic carbocycles. The Kier molecular flexibility index (Phi) is 4.67. The molecular formula is C18H20N4. The molecule has 1 aromatic heterocycles. The van der Waals surface area contributed by atoms with Gasteiger partial charge in [-0.3, -0.25) is 4.90 Å². The van der Waals surface area contributed by atoms with Crippen LogP contribution >= 0.6 is 0 Å². The van der Waals surface area contributed by atoms with E-state index in [1.165, 1.54) is 18.4 Å². The van der Waals surface area contributed by atoms with Crippen LogP contribution in [-0.2, 0) is 0 Å². The van der Waals surface area contributed by atoms with Gasteiger partial charge in [-0.25, -0.2) is 4.98 Å². The zero-order chi connectivity index (χ0) is 15.2. The summed E-state index contributed by atoms with van der Waals surface area (Å²) in [6, 6.07) is 16.7. The molecule has 3 rings (SSSR count). The number of likely N-dealkylation sites (tertiary alicyclic amines) is 1. The third kappa shape index (κ3) is 3.44. The fraction of sp³-hybridized carbons (Fsp3) is 0.333. The van der Waals surface area contributed by atoms with Crippen LogP contribution < -0.4 is 5.32 Å². The van der Waals surface area contributed by atoms with Crippen LogP contribution in [0.1, 0.15) is 30.1 Å². The van der Waals surface area contributed by atoms with Gasteiger partial charge in [0.05, 0.1) is 17.9 Å². The second kappa shape index (κ2) is 7.06. The Hall–Kier alpha value is -2.38. The summed E-state index contributed by atoms with van der Waals surface area (Å²) in [5.74, 6) is 0. The molecule has 0 aliphatic carbocycles. The van der Waals surface area contributed by atoms with Crippen LogP contribution in [0.4, 0.5) is 5.69 Å². The number of nitriles is 1. The Labute approximate surface area is 131 Å². The van der Waals surface area contributed by atoms with Gasteiger partial charge in [0, 0.05) is 6.54 Å². The van der Waals surface area contributed by atoms with E-state index in [2.05, 4.69) is 45.5 Å². The number of hydrogen-bond acceptors (Lipinski definition) is 4. The first-order valence-electron chi connectivity index (χ1n) is 7.76. The molecule has 1 N–H and O–H groups in total. The average Bonchev–Trinajstić information content (AvgIpc) is 3.11. The number of benzene rings is 1. The Morgan fingerprint density at radius 1 is 1.14 bits per heavy atom. The molecule has 0 amide bonds. The van der Waals surface area contributed by atoms with E-state index in [1.807, 2.05) is 12.1 Å². The summed E-state index contributed by atoms with van der Waals surface area (Å²) in [6.45, 7) is 3.16. The van der Waals surface area contributed by atoms with Crippen molar-refractivity contribution in [1.82, 2.24) is 9.88 Å². The van der Waals surface area contributed by atoms with Crippen molar-refractivity contribution in [2.45, 2.75) is 18.9 Å². The summed E-state index contributed by atoms with van der Waals surface area (Å²) < 4.78 is 0. The first-order chi connectivity index (χ1) is 10.9. The monoisotopic (exact) mass is 292 g/mol. The topological polar surface area (TPSA) is 52.0 Å². The number of anilines is 1. The molecule has 4 nitrogen and oxygen atoms in total. The van der Waals surface area contributed by atoms with Crippen LogP contribution in [0.5, 0.6) is 0 Å². The maximum atomic E-state index is 8.80. The molecule has 0 bridgehead atoms. The highest BCUT2D eigenvalue weighted by Gasteiger charge is 2.23. The van der Waals surface area contributed by atoms with Gasteiger partial charge in [-0.1, -0.05) is 30.3 Å². The molecule has 2 heterocycles. The van der Waals surface area contributed by atoms with Gasteiger partial charge >= 0.3 is 0 Å². The molecule has 1 atom stereocenters. The molecule has 1 saturated heterocycles. The molecule has 112 valence electrons. The highest BCUT2D eigenvalue weighted by atomic mass is 15.2. The maximum absolute atomic E-state index is 8.80. The van der Waals surface area contributed by atoms with Crippen molar-refractivity contribution < 1.29 is 0 Å². The Morgan fingerprint density at radius 2 is 1.91 bits per heavy atom. The molecule has 1 fully saturated rings. The van der Waals surface area contributed by atoms with Gasteiger partial charge in [0.25, 0.3) is 0 Å². The molecule has 2 aromatic rings. The molecular weight excluding hydrogens is 272 g/mol. The Bertz CT molecular complexity index is 624. The highest BCUT2D eigenvalue weighted by molar-refractivity contribution is 5.43. The van der Waals surface area contributed by atoms with Crippen LogP contribution in [0.3, 0.4) is 0 Å². The third-order valence-corrected chi connectivity index (χ3v) is 4.14. The average molecular weight is 292 g/mol. The quantitative estimate of drug-likeness (QED) is 0.919. The van der Waals surface area contributed by atoms with Crippen molar-refractivity contribution in [3.63, 3.8) is 0 Å². The van der Waals surface area contributed by atoms with Gasteiger partial charge in [-0.05, 0) is 43.6 Å². The van der Waals surface area contributed by atoms with Gasteiger partial charge in [0.1, 0.15) is 11.8 Å². The van der Waals surface area contributed by atoms with Gasteiger partial charge < -0.3 is 5.32 Å². The Morgan fingerprint density at radius 3 is 2.55 bits per heavy atom. The van der Waals surface area contributed by atoms with Crippen LogP contribution in [0.2, 0.25) is 0 Å². The minimum absolute atomic E-state index is 0.374. The normalized spacial score (nSPS) is 16.1. The van der Waals surface area contributed by atoms with E-state index in [1.54, 1.807) is 12.3 Å². The number of rotatable bonds is 5. The van der Waals surface area contributed by atoms with Crippen LogP contribution in [-0.4, -0.2) is 29.5 Å². The molecule has 1 unspecified atom stereocenters. The van der Waals surface area contributed by atoms with Crippen LogP contribution in [0.25, 0.3) is 0 Å². The second-order valence-corrected chi connectivity index (χ2v) is 5.59. The van der Waals surface area contributed by atoms with E-state index >= 15 is 0 Å². The standard InChI is InChI=1S/C18H20N4/c19-12-16-8-9-17(13-20-16)21-14-18(22-10-4-5-11-22)15-6-2-1-3-7-15/h1-3,6-9,13,18,21H,4-5,10-11,14H2. The van der Waals surface area contributed by atoms with Crippen molar-refractivity contribution in [2.75, 3.05) is 25.0 Å². The SMILES string of the molecule is N#Cc1ccc(NCC(c2ccccc2)N2CCCC2)cn1. The van der Waals surface area contributed by atoms with Gasteiger partial charge in [0.2, 0.25) is 0 Å². The maximum Gasteiger partial charge on any atom is 0.140 e. The zero-order valence-electron chi connectivity index (χ0n) is 12.6. The van der Waals surface area contributed by atoms with E-state index < -0.39 is 0 Å². The molecule has 4 heteroatoms. The molecule has 1 aliphatic heterocycles. The molecule has 0 radical (unpaired) electrons. The number of nitrogens with zero attached hydrogens (tertiary/aromatic N) is 3. The summed E-state index contributed by atoms with van der Waals surface area (Å²) in [5.41, 5.74) is 2.75. The van der Waals surface area contributed by atoms with Crippen molar-refractivity contribution in [2.24, 2.45) is 0 Å². The van der Waals surface area contributed by atoms with E-state index in [-0.39, 0.29) is 0 Å². The first-order valence-corrected chi connectivity index (χ1v) is 7.76. The summed E-state index contributed by atoms with van der Waals surface area (Å²) in [5, 5.41) is 12.3. The molecule has 22 heavy (non-hydrogen) atoms. The number of aromatic nitrogens is 1. The number of nitrogens with one attached hydrogen (secondary N) is 1. The summed E-state index contributed by atoms with van der Waals surface area (Å²) in [7, 11) is 0. The first kappa shape index (κ1) is 14.6. The lowest BCUT2D eigenvalue weighted by Crippen LogP contribution is -2.31. The van der Waals surface area contributed by atoms with E-state index in [0.29, 0.717) is 11.7 Å². The summed E-state index contributed by atoms with van der Waals surface area (Å²) in [4.78, 5) is 6.65. The largest absolute Gasteiger partial charge is 0.382 e. The lowest BCUT2D eigenvalue weighted by Gasteiger charge is -2.28. The molecule has 0 saturated carbocycles. The molecule has 1 aliphatic rings. The van der Waals surface area contributed by atoms with Crippen molar-refractivity contribution in [3.8, 4) is 6.07 Å². The predicted octanol–water partition coefficient (Wildman–Crippen LogP) is 3.20. The third-order valence-electron chi connectivity index (χ3n) is 4.14. The zero-order valence-corrected chi connectivity index (χ0v) is 12.6. The van der Waals surface area contributed by atoms with Gasteiger partial charge in [-0.15, -0.1) is 0 Å². The lowest BCUT2D eigenvalue weighted by atomic mass is 10.1. The van der Waals surface area contributed by atoms with Crippen LogP contribution in [0, 0.1) is 11.3 Å². The number of hydrogen-bond donors (Lipinski definition) is 1. The number of pyridine rings is 1. The summed E-state index contributed by atoms with van der Waals surface area (Å²) >= 11 is 0. The molecule has 0 spiro atoms. The predicted molar refractivity (Wildman–Crippen MR) is 87.4 cm³/mol. The second-order valence-electron chi connectivity index (χ2n) is 5.59. The minimum Gasteiger partial charge on any atom is -0.382 e. The van der Waals surface area contributed by atoms with Crippen molar-refractivity contribution in [1.29, 1.82) is 5.26 Å². The summed E-state index contributed by atoms with van der Waals surface area (Å²) in [6.07, 6.45) is 4.29. The van der Waals surface area contributed by atoms with E-state index in [0.717, 1.165) is 25.3 Å². The van der Waals surface area contributed by atoms with E-state index in [9.17, 15) is 0 Å². The fourth-order valence-corrected chi connectivity index (χ4v) is 2.97. The minimum atomic E-state index is 0.374. The van der Waals surface area contributed by atoms with E-state index in [4.69, 9.17) is 5.26 Å². The Balaban J connectivity index is 1.71.